The molecule has 1 fully saturated rings. The van der Waals surface area contributed by atoms with Crippen LogP contribution in [0.15, 0.2) is 6.20 Å². The molecule has 0 saturated heterocycles. The fourth-order valence-electron chi connectivity index (χ4n) is 3.00. The van der Waals surface area contributed by atoms with Crippen LogP contribution in [0.1, 0.15) is 51.8 Å². The third-order valence-corrected chi connectivity index (χ3v) is 4.21. The van der Waals surface area contributed by atoms with Crippen molar-refractivity contribution in [3.63, 3.8) is 0 Å². The molecule has 3 heteroatoms. The van der Waals surface area contributed by atoms with Gasteiger partial charge >= 0.3 is 0 Å². The maximum Gasteiger partial charge on any atom is 0.203 e. The zero-order valence-corrected chi connectivity index (χ0v) is 11.5. The normalized spacial score (nSPS) is 29.3. The first-order valence-electron chi connectivity index (χ1n) is 6.92. The zero-order valence-electron chi connectivity index (χ0n) is 11.5. The molecule has 1 heterocycles. The summed E-state index contributed by atoms with van der Waals surface area (Å²) in [6, 6.07) is 0.619. The van der Waals surface area contributed by atoms with Crippen LogP contribution in [0.5, 0.6) is 0 Å². The van der Waals surface area contributed by atoms with Gasteiger partial charge in [0, 0.05) is 18.8 Å². The summed E-state index contributed by atoms with van der Waals surface area (Å²) in [6.07, 6.45) is 6.22. The van der Waals surface area contributed by atoms with Crippen molar-refractivity contribution in [2.24, 2.45) is 11.8 Å². The lowest BCUT2D eigenvalue weighted by Crippen LogP contribution is -2.27. The highest BCUT2D eigenvalue weighted by Crippen LogP contribution is 2.39. The van der Waals surface area contributed by atoms with E-state index < -0.39 is 0 Å². The van der Waals surface area contributed by atoms with Gasteiger partial charge in [0.25, 0.3) is 0 Å². The van der Waals surface area contributed by atoms with Crippen molar-refractivity contribution in [1.29, 1.82) is 0 Å². The molecule has 0 bridgehead atoms. The van der Waals surface area contributed by atoms with Gasteiger partial charge in [0.05, 0.1) is 5.69 Å². The summed E-state index contributed by atoms with van der Waals surface area (Å²) < 4.78 is 2.37. The highest BCUT2D eigenvalue weighted by molar-refractivity contribution is 5.29. The van der Waals surface area contributed by atoms with Crippen LogP contribution >= 0.6 is 0 Å². The van der Waals surface area contributed by atoms with Crippen molar-refractivity contribution >= 4 is 5.95 Å². The van der Waals surface area contributed by atoms with Gasteiger partial charge in [-0.2, -0.15) is 0 Å². The first-order chi connectivity index (χ1) is 8.13. The van der Waals surface area contributed by atoms with Gasteiger partial charge in [-0.1, -0.05) is 26.7 Å². The quantitative estimate of drug-likeness (QED) is 0.867. The average Bonchev–Trinajstić information content (AvgIpc) is 2.64. The fourth-order valence-corrected chi connectivity index (χ4v) is 3.00. The van der Waals surface area contributed by atoms with E-state index in [1.54, 1.807) is 0 Å². The van der Waals surface area contributed by atoms with Crippen LogP contribution < -0.4 is 5.32 Å². The third-order valence-electron chi connectivity index (χ3n) is 4.21. The summed E-state index contributed by atoms with van der Waals surface area (Å²) in [4.78, 5) is 4.59. The number of rotatable bonds is 3. The molecule has 0 amide bonds. The summed E-state index contributed by atoms with van der Waals surface area (Å²) in [6.45, 7) is 9.91. The van der Waals surface area contributed by atoms with Crippen molar-refractivity contribution in [1.82, 2.24) is 9.55 Å². The van der Waals surface area contributed by atoms with Gasteiger partial charge in [-0.3, -0.25) is 0 Å². The van der Waals surface area contributed by atoms with E-state index in [0.29, 0.717) is 6.04 Å². The maximum absolute atomic E-state index is 4.59. The minimum absolute atomic E-state index is 0.619. The van der Waals surface area contributed by atoms with Gasteiger partial charge in [0.2, 0.25) is 5.95 Å². The number of nitrogens with one attached hydrogen (secondary N) is 1. The van der Waals surface area contributed by atoms with Crippen LogP contribution in [0.25, 0.3) is 0 Å². The molecule has 3 nitrogen and oxygen atoms in total. The molecule has 17 heavy (non-hydrogen) atoms. The maximum atomic E-state index is 4.59. The van der Waals surface area contributed by atoms with Gasteiger partial charge in [0.1, 0.15) is 0 Å². The Labute approximate surface area is 105 Å². The van der Waals surface area contributed by atoms with Crippen LogP contribution in [0.2, 0.25) is 0 Å². The summed E-state index contributed by atoms with van der Waals surface area (Å²) >= 11 is 0. The molecule has 1 saturated carbocycles. The zero-order chi connectivity index (χ0) is 12.4. The average molecular weight is 235 g/mol. The molecule has 3 unspecified atom stereocenters. The summed E-state index contributed by atoms with van der Waals surface area (Å²) in [7, 11) is 0. The van der Waals surface area contributed by atoms with E-state index in [2.05, 4.69) is 48.8 Å². The first-order valence-corrected chi connectivity index (χ1v) is 6.92. The Morgan fingerprint density at radius 2 is 2.18 bits per heavy atom. The Balaban J connectivity index is 2.25. The lowest BCUT2D eigenvalue weighted by atomic mass is 9.78. The Bertz CT molecular complexity index is 370. The molecule has 1 aromatic heterocycles. The van der Waals surface area contributed by atoms with Gasteiger partial charge in [-0.05, 0) is 32.1 Å². The van der Waals surface area contributed by atoms with Crippen molar-refractivity contribution in [2.75, 3.05) is 11.9 Å². The fraction of sp³-hybridized carbons (Fsp3) is 0.786. The largest absolute Gasteiger partial charge is 0.356 e. The second-order valence-corrected chi connectivity index (χ2v) is 5.48. The molecule has 1 N–H and O–H groups in total. The van der Waals surface area contributed by atoms with Gasteiger partial charge in [-0.25, -0.2) is 4.98 Å². The molecule has 1 aliphatic carbocycles. The van der Waals surface area contributed by atoms with E-state index in [4.69, 9.17) is 0 Å². The van der Waals surface area contributed by atoms with Crippen LogP contribution in [0.4, 0.5) is 5.95 Å². The van der Waals surface area contributed by atoms with E-state index in [9.17, 15) is 0 Å². The second kappa shape index (κ2) is 5.11. The van der Waals surface area contributed by atoms with Crippen molar-refractivity contribution in [3.05, 3.63) is 11.9 Å². The Morgan fingerprint density at radius 1 is 1.41 bits per heavy atom. The number of aryl methyl sites for hydroxylation is 1. The van der Waals surface area contributed by atoms with Crippen LogP contribution in [0.3, 0.4) is 0 Å². The SMILES string of the molecule is CCNc1nc(C)cn1C1CCCC(C)C1C. The number of nitrogens with zero attached hydrogens (tertiary/aromatic N) is 2. The summed E-state index contributed by atoms with van der Waals surface area (Å²) in [5, 5.41) is 3.38. The molecule has 1 aliphatic rings. The molecule has 0 aromatic carbocycles. The van der Waals surface area contributed by atoms with Gasteiger partial charge in [-0.15, -0.1) is 0 Å². The number of hydrogen-bond acceptors (Lipinski definition) is 2. The molecule has 3 atom stereocenters. The molecule has 96 valence electrons. The molecular weight excluding hydrogens is 210 g/mol. The number of anilines is 1. The summed E-state index contributed by atoms with van der Waals surface area (Å²) in [5.74, 6) is 2.62. The highest BCUT2D eigenvalue weighted by atomic mass is 15.2. The van der Waals surface area contributed by atoms with E-state index in [-0.39, 0.29) is 0 Å². The molecule has 2 rings (SSSR count). The van der Waals surface area contributed by atoms with Crippen molar-refractivity contribution in [2.45, 2.75) is 53.0 Å². The van der Waals surface area contributed by atoms with E-state index in [0.717, 1.165) is 30.0 Å². The van der Waals surface area contributed by atoms with Crippen LogP contribution in [-0.2, 0) is 0 Å². The Kier molecular flexibility index (Phi) is 3.75. The lowest BCUT2D eigenvalue weighted by Gasteiger charge is -2.35. The monoisotopic (exact) mass is 235 g/mol. The second-order valence-electron chi connectivity index (χ2n) is 5.48. The van der Waals surface area contributed by atoms with E-state index in [1.165, 1.54) is 19.3 Å². The summed E-state index contributed by atoms with van der Waals surface area (Å²) in [5.41, 5.74) is 1.12. The Hall–Kier alpha value is -0.990. The standard InChI is InChI=1S/C14H25N3/c1-5-15-14-16-11(3)9-17(14)13-8-6-7-10(2)12(13)4/h9-10,12-13H,5-8H2,1-4H3,(H,15,16). The van der Waals surface area contributed by atoms with E-state index in [1.807, 2.05) is 0 Å². The Morgan fingerprint density at radius 3 is 2.88 bits per heavy atom. The predicted molar refractivity (Wildman–Crippen MR) is 72.3 cm³/mol. The number of hydrogen-bond donors (Lipinski definition) is 1. The van der Waals surface area contributed by atoms with Crippen LogP contribution in [-0.4, -0.2) is 16.1 Å². The van der Waals surface area contributed by atoms with Crippen molar-refractivity contribution in [3.8, 4) is 0 Å². The predicted octanol–water partition coefficient (Wildman–Crippen LogP) is 3.62. The third kappa shape index (κ3) is 2.48. The smallest absolute Gasteiger partial charge is 0.203 e. The minimum Gasteiger partial charge on any atom is -0.356 e. The molecule has 0 radical (unpaired) electrons. The van der Waals surface area contributed by atoms with Crippen LogP contribution in [0, 0.1) is 18.8 Å². The number of aromatic nitrogens is 2. The first kappa shape index (κ1) is 12.5. The lowest BCUT2D eigenvalue weighted by molar-refractivity contribution is 0.187. The van der Waals surface area contributed by atoms with Gasteiger partial charge < -0.3 is 9.88 Å². The van der Waals surface area contributed by atoms with Crippen molar-refractivity contribution < 1.29 is 0 Å². The molecule has 0 aliphatic heterocycles. The molecule has 1 aromatic rings. The number of imidazole rings is 1. The molecule has 0 spiro atoms. The topological polar surface area (TPSA) is 29.9 Å². The van der Waals surface area contributed by atoms with E-state index >= 15 is 0 Å². The van der Waals surface area contributed by atoms with Gasteiger partial charge in [0.15, 0.2) is 0 Å². The molecular formula is C14H25N3. The highest BCUT2D eigenvalue weighted by Gasteiger charge is 2.29. The minimum atomic E-state index is 0.619.